The Morgan fingerprint density at radius 1 is 1.32 bits per heavy atom. The Kier molecular flexibility index (Phi) is 7.20. The van der Waals surface area contributed by atoms with Crippen molar-refractivity contribution in [3.05, 3.63) is 0 Å². The van der Waals surface area contributed by atoms with E-state index < -0.39 is 29.0 Å². The first-order valence-corrected chi connectivity index (χ1v) is 7.00. The zero-order valence-electron chi connectivity index (χ0n) is 10.2. The summed E-state index contributed by atoms with van der Waals surface area (Å²) in [6, 6.07) is 0. The number of hydrogen-bond donors (Lipinski definition) is 2. The molecule has 0 bridgehead atoms. The highest BCUT2D eigenvalue weighted by Crippen LogP contribution is 2.00. The SMILES string of the molecule is O=C(NCCOS(=O)(=O)OCCO)C1COCCO1. The van der Waals surface area contributed by atoms with Gasteiger partial charge >= 0.3 is 10.4 Å². The zero-order chi connectivity index (χ0) is 14.1. The van der Waals surface area contributed by atoms with Crippen molar-refractivity contribution >= 4 is 16.3 Å². The normalized spacial score (nSPS) is 20.2. The van der Waals surface area contributed by atoms with Crippen LogP contribution in [0.3, 0.4) is 0 Å². The van der Waals surface area contributed by atoms with E-state index in [2.05, 4.69) is 13.7 Å². The van der Waals surface area contributed by atoms with Crippen LogP contribution in [0.5, 0.6) is 0 Å². The van der Waals surface area contributed by atoms with Gasteiger partial charge in [-0.15, -0.1) is 0 Å². The van der Waals surface area contributed by atoms with Crippen molar-refractivity contribution in [3.63, 3.8) is 0 Å². The molecule has 0 radical (unpaired) electrons. The first kappa shape index (κ1) is 16.3. The van der Waals surface area contributed by atoms with Crippen LogP contribution < -0.4 is 5.32 Å². The summed E-state index contributed by atoms with van der Waals surface area (Å²) in [5, 5.41) is 10.8. The predicted octanol–water partition coefficient (Wildman–Crippen LogP) is -2.21. The number of hydrogen-bond acceptors (Lipinski definition) is 8. The van der Waals surface area contributed by atoms with Gasteiger partial charge in [0.15, 0.2) is 6.10 Å². The molecule has 10 heteroatoms. The Hall–Kier alpha value is -0.780. The molecule has 19 heavy (non-hydrogen) atoms. The second kappa shape index (κ2) is 8.40. The number of carbonyl (C=O) groups is 1. The van der Waals surface area contributed by atoms with Crippen molar-refractivity contribution in [3.8, 4) is 0 Å². The molecule has 112 valence electrons. The zero-order valence-corrected chi connectivity index (χ0v) is 11.1. The molecule has 0 saturated carbocycles. The van der Waals surface area contributed by atoms with Gasteiger partial charge in [-0.1, -0.05) is 0 Å². The minimum Gasteiger partial charge on any atom is -0.394 e. The molecule has 0 aromatic rings. The number of aliphatic hydroxyl groups excluding tert-OH is 1. The fraction of sp³-hybridized carbons (Fsp3) is 0.889. The molecule has 0 aliphatic carbocycles. The molecule has 9 nitrogen and oxygen atoms in total. The van der Waals surface area contributed by atoms with E-state index in [1.165, 1.54) is 0 Å². The van der Waals surface area contributed by atoms with Gasteiger partial charge in [0.1, 0.15) is 0 Å². The van der Waals surface area contributed by atoms with Gasteiger partial charge in [0, 0.05) is 6.54 Å². The second-order valence-corrected chi connectivity index (χ2v) is 4.79. The van der Waals surface area contributed by atoms with Crippen LogP contribution in [0.1, 0.15) is 0 Å². The lowest BCUT2D eigenvalue weighted by atomic mass is 10.3. The van der Waals surface area contributed by atoms with Crippen LogP contribution in [0.2, 0.25) is 0 Å². The summed E-state index contributed by atoms with van der Waals surface area (Å²) >= 11 is 0. The highest BCUT2D eigenvalue weighted by atomic mass is 32.3. The van der Waals surface area contributed by atoms with Crippen LogP contribution in [0.25, 0.3) is 0 Å². The highest BCUT2D eigenvalue weighted by molar-refractivity contribution is 7.81. The molecule has 1 amide bonds. The molecule has 1 rings (SSSR count). The van der Waals surface area contributed by atoms with Crippen LogP contribution in [0.4, 0.5) is 0 Å². The molecule has 1 aliphatic heterocycles. The summed E-state index contributed by atoms with van der Waals surface area (Å²) in [7, 11) is -4.13. The van der Waals surface area contributed by atoms with E-state index in [9.17, 15) is 13.2 Å². The Labute approximate surface area is 111 Å². The van der Waals surface area contributed by atoms with Crippen molar-refractivity contribution in [2.24, 2.45) is 0 Å². The summed E-state index contributed by atoms with van der Waals surface area (Å²) in [6.07, 6.45) is -0.684. The van der Waals surface area contributed by atoms with Crippen LogP contribution in [0.15, 0.2) is 0 Å². The molecular weight excluding hydrogens is 282 g/mol. The summed E-state index contributed by atoms with van der Waals surface area (Å²) in [5.74, 6) is -0.392. The molecule has 1 heterocycles. The Balaban J connectivity index is 2.14. The van der Waals surface area contributed by atoms with E-state index in [-0.39, 0.29) is 26.4 Å². The molecule has 0 spiro atoms. The van der Waals surface area contributed by atoms with E-state index in [1.807, 2.05) is 0 Å². The van der Waals surface area contributed by atoms with Gasteiger partial charge in [-0.25, -0.2) is 8.37 Å². The van der Waals surface area contributed by atoms with E-state index in [4.69, 9.17) is 14.6 Å². The van der Waals surface area contributed by atoms with Crippen molar-refractivity contribution in [1.82, 2.24) is 5.32 Å². The maximum absolute atomic E-state index is 11.5. The van der Waals surface area contributed by atoms with Gasteiger partial charge in [-0.05, 0) is 0 Å². The quantitative estimate of drug-likeness (QED) is 0.484. The first-order chi connectivity index (χ1) is 9.05. The van der Waals surface area contributed by atoms with E-state index in [0.717, 1.165) is 0 Å². The van der Waals surface area contributed by atoms with Crippen molar-refractivity contribution in [1.29, 1.82) is 0 Å². The summed E-state index contributed by atoms with van der Waals surface area (Å²) in [5.41, 5.74) is 0. The third kappa shape index (κ3) is 6.80. The fourth-order valence-corrected chi connectivity index (χ4v) is 1.88. The lowest BCUT2D eigenvalue weighted by Gasteiger charge is -2.21. The molecule has 0 aromatic heterocycles. The number of aliphatic hydroxyl groups is 1. The minimum atomic E-state index is -4.13. The number of nitrogens with one attached hydrogen (secondary N) is 1. The molecule has 0 aromatic carbocycles. The summed E-state index contributed by atoms with van der Waals surface area (Å²) in [6.45, 7) is -0.121. The Morgan fingerprint density at radius 3 is 2.68 bits per heavy atom. The smallest absolute Gasteiger partial charge is 0.394 e. The second-order valence-electron chi connectivity index (χ2n) is 3.50. The van der Waals surface area contributed by atoms with Gasteiger partial charge < -0.3 is 19.9 Å². The number of amides is 1. The molecule has 2 N–H and O–H groups in total. The Bertz CT molecular complexity index is 364. The fourth-order valence-electron chi connectivity index (χ4n) is 1.24. The topological polar surface area (TPSA) is 120 Å². The largest absolute Gasteiger partial charge is 0.399 e. The molecule has 1 aliphatic rings. The molecule has 1 fully saturated rings. The van der Waals surface area contributed by atoms with Gasteiger partial charge in [0.25, 0.3) is 5.91 Å². The van der Waals surface area contributed by atoms with Gasteiger partial charge in [-0.2, -0.15) is 8.42 Å². The molecule has 1 atom stereocenters. The first-order valence-electron chi connectivity index (χ1n) is 5.67. The van der Waals surface area contributed by atoms with Crippen molar-refractivity contribution in [2.45, 2.75) is 6.10 Å². The average molecular weight is 299 g/mol. The maximum Gasteiger partial charge on any atom is 0.399 e. The van der Waals surface area contributed by atoms with Crippen LogP contribution in [-0.4, -0.2) is 71.7 Å². The predicted molar refractivity (Wildman–Crippen MR) is 61.5 cm³/mol. The third-order valence-electron chi connectivity index (χ3n) is 2.06. The van der Waals surface area contributed by atoms with Gasteiger partial charge in [0.05, 0.1) is 39.6 Å². The van der Waals surface area contributed by atoms with Crippen LogP contribution in [-0.2, 0) is 33.0 Å². The number of carbonyl (C=O) groups excluding carboxylic acids is 1. The Morgan fingerprint density at radius 2 is 2.05 bits per heavy atom. The number of ether oxygens (including phenoxy) is 2. The minimum absolute atomic E-state index is 0.0135. The van der Waals surface area contributed by atoms with E-state index in [0.29, 0.717) is 13.2 Å². The van der Waals surface area contributed by atoms with Gasteiger partial charge in [-0.3, -0.25) is 4.79 Å². The molecule has 1 unspecified atom stereocenters. The van der Waals surface area contributed by atoms with Crippen LogP contribution in [0, 0.1) is 0 Å². The van der Waals surface area contributed by atoms with E-state index >= 15 is 0 Å². The summed E-state index contributed by atoms with van der Waals surface area (Å²) in [4.78, 5) is 11.5. The van der Waals surface area contributed by atoms with Crippen LogP contribution >= 0.6 is 0 Å². The third-order valence-corrected chi connectivity index (χ3v) is 2.97. The summed E-state index contributed by atoms with van der Waals surface area (Å²) < 4.78 is 40.9. The lowest BCUT2D eigenvalue weighted by Crippen LogP contribution is -2.43. The van der Waals surface area contributed by atoms with E-state index in [1.54, 1.807) is 0 Å². The van der Waals surface area contributed by atoms with Crippen molar-refractivity contribution < 1.29 is 36.2 Å². The average Bonchev–Trinajstić information content (AvgIpc) is 2.42. The highest BCUT2D eigenvalue weighted by Gasteiger charge is 2.22. The molecule has 1 saturated heterocycles. The lowest BCUT2D eigenvalue weighted by molar-refractivity contribution is -0.147. The number of rotatable bonds is 8. The standard InChI is InChI=1S/C9H17NO8S/c11-2-4-18-19(13,14)17-3-1-10-9(12)8-7-15-5-6-16-8/h8,11H,1-7H2,(H,10,12). The van der Waals surface area contributed by atoms with Crippen molar-refractivity contribution in [2.75, 3.05) is 46.2 Å². The molecular formula is C9H17NO8S. The van der Waals surface area contributed by atoms with Gasteiger partial charge in [0.2, 0.25) is 0 Å². The maximum atomic E-state index is 11.5. The monoisotopic (exact) mass is 299 g/mol.